The van der Waals surface area contributed by atoms with Gasteiger partial charge in [0.25, 0.3) is 0 Å². The van der Waals surface area contributed by atoms with Crippen molar-refractivity contribution in [1.29, 1.82) is 0 Å². The summed E-state index contributed by atoms with van der Waals surface area (Å²) in [5, 5.41) is 0. The Morgan fingerprint density at radius 1 is 1.00 bits per heavy atom. The molecule has 106 valence electrons. The van der Waals surface area contributed by atoms with Gasteiger partial charge in [-0.15, -0.1) is 0 Å². The molecule has 0 aliphatic rings. The van der Waals surface area contributed by atoms with Crippen molar-refractivity contribution in [2.45, 2.75) is 6.18 Å². The fourth-order valence-electron chi connectivity index (χ4n) is 1.75. The third-order valence-electron chi connectivity index (χ3n) is 2.77. The number of aromatic nitrogens is 1. The highest BCUT2D eigenvalue weighted by Crippen LogP contribution is 2.35. The van der Waals surface area contributed by atoms with Crippen molar-refractivity contribution in [3.63, 3.8) is 0 Å². The first-order valence-corrected chi connectivity index (χ1v) is 5.71. The molecule has 2 rings (SSSR count). The Hall–Kier alpha value is -2.24. The van der Waals surface area contributed by atoms with Crippen molar-refractivity contribution in [1.82, 2.24) is 4.98 Å². The van der Waals surface area contributed by atoms with Crippen molar-refractivity contribution in [3.05, 3.63) is 42.1 Å². The Kier molecular flexibility index (Phi) is 3.83. The number of nitrogens with zero attached hydrogens (tertiary/aromatic N) is 1. The maximum absolute atomic E-state index is 12.7. The summed E-state index contributed by atoms with van der Waals surface area (Å²) in [6.45, 7) is 0. The highest BCUT2D eigenvalue weighted by Gasteiger charge is 2.32. The largest absolute Gasteiger partial charge is 0.497 e. The SMILES string of the molecule is COc1ccc(-c2cc(C(F)(F)F)cnc2OC)cc1. The highest BCUT2D eigenvalue weighted by molar-refractivity contribution is 5.69. The summed E-state index contributed by atoms with van der Waals surface area (Å²) in [5.41, 5.74) is 0.0374. The number of benzene rings is 1. The van der Waals surface area contributed by atoms with Crippen LogP contribution in [-0.2, 0) is 6.18 Å². The van der Waals surface area contributed by atoms with Crippen molar-refractivity contribution in [2.75, 3.05) is 14.2 Å². The molecule has 0 spiro atoms. The van der Waals surface area contributed by atoms with Gasteiger partial charge in [-0.25, -0.2) is 4.98 Å². The van der Waals surface area contributed by atoms with Crippen LogP contribution in [0.5, 0.6) is 11.6 Å². The van der Waals surface area contributed by atoms with Crippen LogP contribution in [0.15, 0.2) is 36.5 Å². The molecule has 1 aromatic heterocycles. The number of alkyl halides is 3. The molecule has 0 fully saturated rings. The van der Waals surface area contributed by atoms with Gasteiger partial charge in [-0.05, 0) is 23.8 Å². The molecule has 3 nitrogen and oxygen atoms in total. The smallest absolute Gasteiger partial charge is 0.417 e. The van der Waals surface area contributed by atoms with Gasteiger partial charge in [-0.3, -0.25) is 0 Å². The predicted octanol–water partition coefficient (Wildman–Crippen LogP) is 3.78. The molecule has 0 saturated carbocycles. The minimum atomic E-state index is -4.44. The van der Waals surface area contributed by atoms with Gasteiger partial charge in [-0.1, -0.05) is 12.1 Å². The van der Waals surface area contributed by atoms with Crippen LogP contribution in [0.1, 0.15) is 5.56 Å². The molecule has 2 aromatic rings. The van der Waals surface area contributed by atoms with Crippen LogP contribution in [-0.4, -0.2) is 19.2 Å². The maximum atomic E-state index is 12.7. The number of methoxy groups -OCH3 is 2. The van der Waals surface area contributed by atoms with E-state index >= 15 is 0 Å². The topological polar surface area (TPSA) is 31.4 Å². The molecule has 0 radical (unpaired) electrons. The molecule has 0 bridgehead atoms. The van der Waals surface area contributed by atoms with E-state index in [1.165, 1.54) is 14.2 Å². The van der Waals surface area contributed by atoms with E-state index in [4.69, 9.17) is 9.47 Å². The number of hydrogen-bond donors (Lipinski definition) is 0. The van der Waals surface area contributed by atoms with Crippen LogP contribution >= 0.6 is 0 Å². The normalized spacial score (nSPS) is 11.2. The number of halogens is 3. The van der Waals surface area contributed by atoms with E-state index in [9.17, 15) is 13.2 Å². The molecule has 0 N–H and O–H groups in total. The van der Waals surface area contributed by atoms with Gasteiger partial charge in [-0.2, -0.15) is 13.2 Å². The second-order valence-electron chi connectivity index (χ2n) is 4.01. The maximum Gasteiger partial charge on any atom is 0.417 e. The molecular weight excluding hydrogens is 271 g/mol. The van der Waals surface area contributed by atoms with Crippen LogP contribution in [0, 0.1) is 0 Å². The molecule has 20 heavy (non-hydrogen) atoms. The lowest BCUT2D eigenvalue weighted by Crippen LogP contribution is -2.06. The van der Waals surface area contributed by atoms with Gasteiger partial charge < -0.3 is 9.47 Å². The standard InChI is InChI=1S/C14H12F3NO2/c1-19-11-5-3-9(4-6-11)12-7-10(14(15,16)17)8-18-13(12)20-2/h3-8H,1-2H3. The molecule has 0 saturated heterocycles. The van der Waals surface area contributed by atoms with Crippen LogP contribution < -0.4 is 9.47 Å². The molecule has 1 heterocycles. The Morgan fingerprint density at radius 2 is 1.65 bits per heavy atom. The molecule has 0 aliphatic heterocycles. The number of hydrogen-bond acceptors (Lipinski definition) is 3. The fraction of sp³-hybridized carbons (Fsp3) is 0.214. The van der Waals surface area contributed by atoms with E-state index in [1.807, 2.05) is 0 Å². The van der Waals surface area contributed by atoms with Crippen LogP contribution in [0.3, 0.4) is 0 Å². The average molecular weight is 283 g/mol. The van der Waals surface area contributed by atoms with Crippen molar-refractivity contribution < 1.29 is 22.6 Å². The first-order valence-electron chi connectivity index (χ1n) is 5.71. The summed E-state index contributed by atoms with van der Waals surface area (Å²) in [5.74, 6) is 0.760. The lowest BCUT2D eigenvalue weighted by Gasteiger charge is -2.12. The second-order valence-corrected chi connectivity index (χ2v) is 4.01. The average Bonchev–Trinajstić information content (AvgIpc) is 2.45. The molecule has 6 heteroatoms. The van der Waals surface area contributed by atoms with E-state index in [0.29, 0.717) is 11.3 Å². The van der Waals surface area contributed by atoms with Gasteiger partial charge in [0, 0.05) is 11.8 Å². The van der Waals surface area contributed by atoms with E-state index in [2.05, 4.69) is 4.98 Å². The Labute approximate surface area is 114 Å². The van der Waals surface area contributed by atoms with E-state index in [-0.39, 0.29) is 11.4 Å². The molecular formula is C14H12F3NO2. The predicted molar refractivity (Wildman–Crippen MR) is 67.8 cm³/mol. The third-order valence-corrected chi connectivity index (χ3v) is 2.77. The molecule has 0 aliphatic carbocycles. The zero-order valence-electron chi connectivity index (χ0n) is 10.9. The second kappa shape index (κ2) is 5.40. The lowest BCUT2D eigenvalue weighted by molar-refractivity contribution is -0.137. The van der Waals surface area contributed by atoms with Crippen LogP contribution in [0.25, 0.3) is 11.1 Å². The Morgan fingerprint density at radius 3 is 2.15 bits per heavy atom. The molecule has 0 unspecified atom stereocenters. The summed E-state index contributed by atoms with van der Waals surface area (Å²) in [7, 11) is 2.88. The Balaban J connectivity index is 2.52. The minimum absolute atomic E-state index is 0.142. The first kappa shape index (κ1) is 14.2. The zero-order chi connectivity index (χ0) is 14.8. The van der Waals surface area contributed by atoms with Gasteiger partial charge in [0.2, 0.25) is 5.88 Å². The number of rotatable bonds is 3. The van der Waals surface area contributed by atoms with E-state index in [0.717, 1.165) is 12.3 Å². The van der Waals surface area contributed by atoms with Gasteiger partial charge >= 0.3 is 6.18 Å². The molecule has 0 atom stereocenters. The van der Waals surface area contributed by atoms with Gasteiger partial charge in [0.15, 0.2) is 0 Å². The summed E-state index contributed by atoms with van der Waals surface area (Å²) in [6, 6.07) is 7.65. The number of ether oxygens (including phenoxy) is 2. The third kappa shape index (κ3) is 2.84. The summed E-state index contributed by atoms with van der Waals surface area (Å²) >= 11 is 0. The van der Waals surface area contributed by atoms with Crippen LogP contribution in [0.2, 0.25) is 0 Å². The first-order chi connectivity index (χ1) is 9.45. The zero-order valence-corrected chi connectivity index (χ0v) is 10.9. The van der Waals surface area contributed by atoms with Crippen LogP contribution in [0.4, 0.5) is 13.2 Å². The minimum Gasteiger partial charge on any atom is -0.497 e. The van der Waals surface area contributed by atoms with E-state index < -0.39 is 11.7 Å². The van der Waals surface area contributed by atoms with Crippen molar-refractivity contribution in [2.24, 2.45) is 0 Å². The lowest BCUT2D eigenvalue weighted by atomic mass is 10.0. The van der Waals surface area contributed by atoms with Crippen molar-refractivity contribution in [3.8, 4) is 22.8 Å². The molecule has 1 aromatic carbocycles. The number of pyridine rings is 1. The van der Waals surface area contributed by atoms with Gasteiger partial charge in [0.1, 0.15) is 5.75 Å². The fourth-order valence-corrected chi connectivity index (χ4v) is 1.75. The Bertz CT molecular complexity index is 594. The summed E-state index contributed by atoms with van der Waals surface area (Å²) in [6.07, 6.45) is -3.69. The quantitative estimate of drug-likeness (QED) is 0.859. The van der Waals surface area contributed by atoms with Crippen molar-refractivity contribution >= 4 is 0 Å². The summed E-state index contributed by atoms with van der Waals surface area (Å²) in [4.78, 5) is 3.71. The monoisotopic (exact) mass is 283 g/mol. The highest BCUT2D eigenvalue weighted by atomic mass is 19.4. The van der Waals surface area contributed by atoms with E-state index in [1.54, 1.807) is 24.3 Å². The summed E-state index contributed by atoms with van der Waals surface area (Å²) < 4.78 is 48.2. The van der Waals surface area contributed by atoms with Gasteiger partial charge in [0.05, 0.1) is 19.8 Å². The molecule has 0 amide bonds.